The lowest BCUT2D eigenvalue weighted by molar-refractivity contribution is -0.125. The number of hydrogen-bond donors (Lipinski definition) is 4. The molecule has 2 aromatic rings. The second-order valence-corrected chi connectivity index (χ2v) is 10.2. The molecule has 1 aliphatic carbocycles. The molecule has 0 radical (unpaired) electrons. The van der Waals surface area contributed by atoms with Crippen molar-refractivity contribution in [3.05, 3.63) is 30.0 Å². The minimum atomic E-state index is -2.61. The fourth-order valence-electron chi connectivity index (χ4n) is 4.22. The van der Waals surface area contributed by atoms with Gasteiger partial charge in [0.2, 0.25) is 11.8 Å². The minimum absolute atomic E-state index is 0.0462. The SMILES string of the molecule is CC(C)(C)[C@H](NC(=O)c1nn(CC2CCC(F)(F)CC2)c2ccccc12)C(=O)NC[C@@H](O)CO. The first-order valence-corrected chi connectivity index (χ1v) is 11.6. The van der Waals surface area contributed by atoms with E-state index in [4.69, 9.17) is 5.11 Å². The number of fused-ring (bicyclic) bond motifs is 1. The van der Waals surface area contributed by atoms with Gasteiger partial charge in [0.05, 0.1) is 18.2 Å². The number of aliphatic hydroxyl groups is 2. The standard InChI is InChI=1S/C24H34F2N4O4/c1-23(2,3)20(22(34)27-12-16(32)14-31)28-21(33)19-17-6-4-5-7-18(17)30(29-19)13-15-8-10-24(25,26)11-9-15/h4-7,15-16,20,31-32H,8-14H2,1-3H3,(H,27,34)(H,28,33)/t16-,20-/m1/s1. The number of hydrogen-bond acceptors (Lipinski definition) is 5. The van der Waals surface area contributed by atoms with Crippen LogP contribution in [0.1, 0.15) is 56.9 Å². The van der Waals surface area contributed by atoms with Crippen molar-refractivity contribution < 1.29 is 28.6 Å². The highest BCUT2D eigenvalue weighted by Gasteiger charge is 2.36. The molecule has 1 aromatic heterocycles. The Kier molecular flexibility index (Phi) is 7.92. The number of rotatable bonds is 8. The van der Waals surface area contributed by atoms with Crippen LogP contribution in [0.15, 0.2) is 24.3 Å². The molecule has 10 heteroatoms. The van der Waals surface area contributed by atoms with E-state index in [0.717, 1.165) is 5.52 Å². The summed E-state index contributed by atoms with van der Waals surface area (Å²) in [5.41, 5.74) is 0.247. The second kappa shape index (κ2) is 10.4. The van der Waals surface area contributed by atoms with Crippen LogP contribution < -0.4 is 10.6 Å². The number of alkyl halides is 2. The number of benzene rings is 1. The number of nitrogens with one attached hydrogen (secondary N) is 2. The number of aliphatic hydroxyl groups excluding tert-OH is 2. The lowest BCUT2D eigenvalue weighted by Crippen LogP contribution is -2.54. The fourth-order valence-corrected chi connectivity index (χ4v) is 4.22. The van der Waals surface area contributed by atoms with Crippen molar-refractivity contribution in [3.63, 3.8) is 0 Å². The largest absolute Gasteiger partial charge is 0.394 e. The molecular weight excluding hydrogens is 446 g/mol. The zero-order valence-corrected chi connectivity index (χ0v) is 19.9. The minimum Gasteiger partial charge on any atom is -0.394 e. The average molecular weight is 481 g/mol. The Morgan fingerprint density at radius 1 is 1.24 bits per heavy atom. The molecule has 8 nitrogen and oxygen atoms in total. The smallest absolute Gasteiger partial charge is 0.273 e. The van der Waals surface area contributed by atoms with Gasteiger partial charge in [0.1, 0.15) is 6.04 Å². The summed E-state index contributed by atoms with van der Waals surface area (Å²) in [7, 11) is 0. The maximum absolute atomic E-state index is 13.5. The van der Waals surface area contributed by atoms with Gasteiger partial charge in [0.25, 0.3) is 5.91 Å². The fraction of sp³-hybridized carbons (Fsp3) is 0.625. The van der Waals surface area contributed by atoms with Crippen LogP contribution in [0.25, 0.3) is 10.9 Å². The van der Waals surface area contributed by atoms with E-state index in [2.05, 4.69) is 15.7 Å². The Balaban J connectivity index is 1.80. The number of aromatic nitrogens is 2. The number of nitrogens with zero attached hydrogens (tertiary/aromatic N) is 2. The Hall–Kier alpha value is -2.59. The molecule has 188 valence electrons. The Morgan fingerprint density at radius 3 is 2.50 bits per heavy atom. The molecule has 1 aromatic carbocycles. The van der Waals surface area contributed by atoms with Crippen molar-refractivity contribution >= 4 is 22.7 Å². The van der Waals surface area contributed by atoms with Gasteiger partial charge in [-0.1, -0.05) is 39.0 Å². The summed E-state index contributed by atoms with van der Waals surface area (Å²) in [6, 6.07) is 6.30. The van der Waals surface area contributed by atoms with Crippen molar-refractivity contribution in [3.8, 4) is 0 Å². The van der Waals surface area contributed by atoms with Crippen molar-refractivity contribution in [1.29, 1.82) is 0 Å². The molecule has 1 saturated carbocycles. The summed E-state index contributed by atoms with van der Waals surface area (Å²) < 4.78 is 28.8. The molecule has 2 amide bonds. The molecule has 2 atom stereocenters. The zero-order chi connectivity index (χ0) is 25.1. The summed E-state index contributed by atoms with van der Waals surface area (Å²) in [6.45, 7) is 5.21. The van der Waals surface area contributed by atoms with Crippen LogP contribution in [0, 0.1) is 11.3 Å². The molecule has 0 unspecified atom stereocenters. The molecule has 3 rings (SSSR count). The predicted molar refractivity (Wildman–Crippen MR) is 123 cm³/mol. The highest BCUT2D eigenvalue weighted by molar-refractivity contribution is 6.06. The van der Waals surface area contributed by atoms with E-state index < -0.39 is 41.9 Å². The third kappa shape index (κ3) is 6.29. The van der Waals surface area contributed by atoms with Gasteiger partial charge >= 0.3 is 0 Å². The van der Waals surface area contributed by atoms with Crippen LogP contribution in [-0.4, -0.2) is 63.0 Å². The van der Waals surface area contributed by atoms with Gasteiger partial charge in [-0.05, 0) is 30.2 Å². The number of amides is 2. The summed E-state index contributed by atoms with van der Waals surface area (Å²) in [6.07, 6.45) is -0.585. The molecular formula is C24H34F2N4O4. The highest BCUT2D eigenvalue weighted by atomic mass is 19.3. The summed E-state index contributed by atoms with van der Waals surface area (Å²) in [5, 5.41) is 28.9. The summed E-state index contributed by atoms with van der Waals surface area (Å²) in [5.74, 6) is -3.57. The first kappa shape index (κ1) is 26.0. The number of para-hydroxylation sites is 1. The van der Waals surface area contributed by atoms with E-state index in [0.29, 0.717) is 24.8 Å². The molecule has 0 saturated heterocycles. The molecule has 1 fully saturated rings. The molecule has 1 aliphatic rings. The maximum Gasteiger partial charge on any atom is 0.273 e. The van der Waals surface area contributed by atoms with E-state index in [1.165, 1.54) is 0 Å². The van der Waals surface area contributed by atoms with Gasteiger partial charge in [0, 0.05) is 31.3 Å². The quantitative estimate of drug-likeness (QED) is 0.463. The summed E-state index contributed by atoms with van der Waals surface area (Å²) >= 11 is 0. The molecule has 0 aliphatic heterocycles. The van der Waals surface area contributed by atoms with Gasteiger partial charge in [-0.2, -0.15) is 5.10 Å². The normalized spacial score (nSPS) is 18.4. The van der Waals surface area contributed by atoms with Gasteiger partial charge in [-0.3, -0.25) is 14.3 Å². The Morgan fingerprint density at radius 2 is 1.88 bits per heavy atom. The maximum atomic E-state index is 13.5. The van der Waals surface area contributed by atoms with Crippen molar-refractivity contribution in [2.24, 2.45) is 11.3 Å². The topological polar surface area (TPSA) is 116 Å². The van der Waals surface area contributed by atoms with E-state index in [1.54, 1.807) is 37.6 Å². The molecule has 1 heterocycles. The lowest BCUT2D eigenvalue weighted by atomic mass is 9.86. The third-order valence-electron chi connectivity index (χ3n) is 6.27. The van der Waals surface area contributed by atoms with Gasteiger partial charge < -0.3 is 20.8 Å². The van der Waals surface area contributed by atoms with E-state index >= 15 is 0 Å². The van der Waals surface area contributed by atoms with Crippen LogP contribution in [0.4, 0.5) is 8.78 Å². The van der Waals surface area contributed by atoms with E-state index in [9.17, 15) is 23.5 Å². The van der Waals surface area contributed by atoms with Crippen LogP contribution in [-0.2, 0) is 11.3 Å². The Labute approximate surface area is 197 Å². The lowest BCUT2D eigenvalue weighted by Gasteiger charge is -2.30. The third-order valence-corrected chi connectivity index (χ3v) is 6.27. The van der Waals surface area contributed by atoms with Crippen LogP contribution in [0.2, 0.25) is 0 Å². The first-order chi connectivity index (χ1) is 15.9. The second-order valence-electron chi connectivity index (χ2n) is 10.2. The van der Waals surface area contributed by atoms with Crippen LogP contribution >= 0.6 is 0 Å². The highest BCUT2D eigenvalue weighted by Crippen LogP contribution is 2.37. The van der Waals surface area contributed by atoms with Crippen molar-refractivity contribution in [2.45, 2.75) is 71.1 Å². The molecule has 0 spiro atoms. The number of carbonyl (C=O) groups is 2. The number of carbonyl (C=O) groups excluding carboxylic acids is 2. The van der Waals surface area contributed by atoms with Crippen molar-refractivity contribution in [2.75, 3.05) is 13.2 Å². The van der Waals surface area contributed by atoms with E-state index in [-0.39, 0.29) is 31.0 Å². The average Bonchev–Trinajstić information content (AvgIpc) is 3.14. The monoisotopic (exact) mass is 480 g/mol. The number of halogens is 2. The van der Waals surface area contributed by atoms with Crippen LogP contribution in [0.5, 0.6) is 0 Å². The van der Waals surface area contributed by atoms with Gasteiger partial charge in [-0.25, -0.2) is 8.78 Å². The van der Waals surface area contributed by atoms with Crippen LogP contribution in [0.3, 0.4) is 0 Å². The first-order valence-electron chi connectivity index (χ1n) is 11.6. The zero-order valence-electron chi connectivity index (χ0n) is 19.9. The molecule has 0 bridgehead atoms. The predicted octanol–water partition coefficient (Wildman–Crippen LogP) is 2.48. The van der Waals surface area contributed by atoms with Gasteiger partial charge in [-0.15, -0.1) is 0 Å². The van der Waals surface area contributed by atoms with Crippen molar-refractivity contribution in [1.82, 2.24) is 20.4 Å². The summed E-state index contributed by atoms with van der Waals surface area (Å²) in [4.78, 5) is 26.0. The van der Waals surface area contributed by atoms with E-state index in [1.807, 2.05) is 12.1 Å². The van der Waals surface area contributed by atoms with Gasteiger partial charge in [0.15, 0.2) is 5.69 Å². The molecule has 4 N–H and O–H groups in total. The Bertz CT molecular complexity index is 1010. The molecule has 34 heavy (non-hydrogen) atoms.